The van der Waals surface area contributed by atoms with E-state index in [0.717, 1.165) is 26.2 Å². The van der Waals surface area contributed by atoms with Gasteiger partial charge in [0.2, 0.25) is 21.8 Å². The van der Waals surface area contributed by atoms with E-state index in [4.69, 9.17) is 0 Å². The third kappa shape index (κ3) is 7.66. The molecule has 3 aromatic carbocycles. The summed E-state index contributed by atoms with van der Waals surface area (Å²) in [5.41, 5.74) is 2.10. The second-order valence-corrected chi connectivity index (χ2v) is 11.2. The van der Waals surface area contributed by atoms with E-state index < -0.39 is 28.5 Å². The fraction of sp³-hybridized carbons (Fsp3) is 0.259. The molecule has 1 atom stereocenters. The van der Waals surface area contributed by atoms with Crippen molar-refractivity contribution in [1.29, 1.82) is 0 Å². The molecule has 0 heterocycles. The van der Waals surface area contributed by atoms with Gasteiger partial charge in [0.05, 0.1) is 11.9 Å². The number of halogens is 1. The fourth-order valence-electron chi connectivity index (χ4n) is 3.85. The van der Waals surface area contributed by atoms with Crippen LogP contribution in [0.3, 0.4) is 0 Å². The number of anilines is 1. The molecule has 2 amide bonds. The number of carbonyl (C=O) groups is 2. The molecule has 190 valence electrons. The van der Waals surface area contributed by atoms with Crippen molar-refractivity contribution in [2.75, 3.05) is 23.7 Å². The smallest absolute Gasteiger partial charge is 0.244 e. The van der Waals surface area contributed by atoms with Crippen LogP contribution in [0, 0.1) is 0 Å². The van der Waals surface area contributed by atoms with Gasteiger partial charge < -0.3 is 10.2 Å². The number of likely N-dealkylation sites (N-methyl/N-ethyl adjacent to an activating group) is 1. The third-order valence-electron chi connectivity index (χ3n) is 5.61. The molecule has 0 aliphatic heterocycles. The van der Waals surface area contributed by atoms with Crippen molar-refractivity contribution in [2.24, 2.45) is 0 Å². The van der Waals surface area contributed by atoms with E-state index in [1.165, 1.54) is 4.90 Å². The van der Waals surface area contributed by atoms with E-state index in [2.05, 4.69) is 21.2 Å². The van der Waals surface area contributed by atoms with Crippen molar-refractivity contribution in [3.8, 4) is 0 Å². The van der Waals surface area contributed by atoms with Crippen molar-refractivity contribution < 1.29 is 18.0 Å². The molecule has 36 heavy (non-hydrogen) atoms. The van der Waals surface area contributed by atoms with E-state index in [9.17, 15) is 18.0 Å². The third-order valence-corrected chi connectivity index (χ3v) is 7.28. The van der Waals surface area contributed by atoms with E-state index in [-0.39, 0.29) is 12.5 Å². The van der Waals surface area contributed by atoms with Crippen molar-refractivity contribution in [1.82, 2.24) is 10.2 Å². The highest BCUT2D eigenvalue weighted by atomic mass is 79.9. The molecule has 0 saturated carbocycles. The molecule has 0 fully saturated rings. The van der Waals surface area contributed by atoms with Crippen molar-refractivity contribution in [2.45, 2.75) is 25.9 Å². The summed E-state index contributed by atoms with van der Waals surface area (Å²) in [5.74, 6) is -0.764. The summed E-state index contributed by atoms with van der Waals surface area (Å²) in [6, 6.07) is 24.7. The highest BCUT2D eigenvalue weighted by Gasteiger charge is 2.32. The van der Waals surface area contributed by atoms with Gasteiger partial charge in [0, 0.05) is 24.0 Å². The molecule has 9 heteroatoms. The minimum Gasteiger partial charge on any atom is -0.355 e. The number of rotatable bonds is 11. The van der Waals surface area contributed by atoms with Crippen molar-refractivity contribution in [3.05, 3.63) is 101 Å². The Labute approximate surface area is 221 Å². The number of amides is 2. The van der Waals surface area contributed by atoms with Crippen LogP contribution in [0.2, 0.25) is 0 Å². The molecule has 0 aromatic heterocycles. The van der Waals surface area contributed by atoms with Gasteiger partial charge in [-0.05, 0) is 42.3 Å². The van der Waals surface area contributed by atoms with Gasteiger partial charge in [-0.2, -0.15) is 0 Å². The molecule has 3 aromatic rings. The molecule has 0 aliphatic carbocycles. The molecule has 0 bridgehead atoms. The quantitative estimate of drug-likeness (QED) is 0.377. The first kappa shape index (κ1) is 27.4. The highest BCUT2D eigenvalue weighted by Crippen LogP contribution is 2.22. The van der Waals surface area contributed by atoms with Crippen LogP contribution >= 0.6 is 15.9 Å². The van der Waals surface area contributed by atoms with Crippen LogP contribution in [-0.2, 0) is 32.6 Å². The Morgan fingerprint density at radius 3 is 1.97 bits per heavy atom. The molecule has 3 rings (SSSR count). The molecule has 7 nitrogen and oxygen atoms in total. The van der Waals surface area contributed by atoms with Crippen LogP contribution in [0.5, 0.6) is 0 Å². The minimum atomic E-state index is -3.78. The molecule has 0 radical (unpaired) electrons. The van der Waals surface area contributed by atoms with Crippen LogP contribution in [-0.4, -0.2) is 50.5 Å². The van der Waals surface area contributed by atoms with Gasteiger partial charge in [-0.1, -0.05) is 76.6 Å². The Hall–Kier alpha value is -3.17. The standard InChI is InChI=1S/C27H30BrN3O4S/c1-3-29-27(33)25(18-21-10-6-4-7-11-21)30(19-22-12-8-5-9-13-22)26(32)20-31(36(2,34)35)24-16-14-23(28)15-17-24/h4-17,25H,3,18-20H2,1-2H3,(H,29,33). The first-order chi connectivity index (χ1) is 17.2. The summed E-state index contributed by atoms with van der Waals surface area (Å²) in [4.78, 5) is 28.5. The molecule has 1 unspecified atom stereocenters. The first-order valence-corrected chi connectivity index (χ1v) is 14.2. The number of hydrogen-bond acceptors (Lipinski definition) is 4. The van der Waals surface area contributed by atoms with Crippen LogP contribution in [0.15, 0.2) is 89.4 Å². The number of nitrogens with one attached hydrogen (secondary N) is 1. The number of nitrogens with zero attached hydrogens (tertiary/aromatic N) is 2. The van der Waals surface area contributed by atoms with Gasteiger partial charge in [-0.3, -0.25) is 13.9 Å². The minimum absolute atomic E-state index is 0.159. The maximum Gasteiger partial charge on any atom is 0.244 e. The zero-order valence-electron chi connectivity index (χ0n) is 20.3. The second-order valence-electron chi connectivity index (χ2n) is 8.35. The Balaban J connectivity index is 2.00. The summed E-state index contributed by atoms with van der Waals surface area (Å²) >= 11 is 3.35. The normalized spacial score (nSPS) is 12.0. The lowest BCUT2D eigenvalue weighted by atomic mass is 10.0. The Bertz CT molecular complexity index is 1250. The van der Waals surface area contributed by atoms with Gasteiger partial charge in [-0.25, -0.2) is 8.42 Å². The molecular formula is C27H30BrN3O4S. The van der Waals surface area contributed by atoms with Crippen LogP contribution < -0.4 is 9.62 Å². The number of hydrogen-bond donors (Lipinski definition) is 1. The summed E-state index contributed by atoms with van der Waals surface area (Å²) in [5, 5.41) is 2.84. The lowest BCUT2D eigenvalue weighted by molar-refractivity contribution is -0.140. The van der Waals surface area contributed by atoms with E-state index >= 15 is 0 Å². The van der Waals surface area contributed by atoms with Crippen molar-refractivity contribution >= 4 is 43.5 Å². The number of sulfonamides is 1. The van der Waals surface area contributed by atoms with Crippen LogP contribution in [0.4, 0.5) is 5.69 Å². The van der Waals surface area contributed by atoms with Crippen LogP contribution in [0.25, 0.3) is 0 Å². The second kappa shape index (κ2) is 12.7. The Morgan fingerprint density at radius 1 is 0.889 bits per heavy atom. The van der Waals surface area contributed by atoms with E-state index in [0.29, 0.717) is 18.7 Å². The molecule has 0 spiro atoms. The zero-order valence-corrected chi connectivity index (χ0v) is 22.7. The topological polar surface area (TPSA) is 86.8 Å². The maximum absolute atomic E-state index is 13.8. The summed E-state index contributed by atoms with van der Waals surface area (Å²) in [6.07, 6.45) is 1.36. The molecular weight excluding hydrogens is 542 g/mol. The molecule has 1 N–H and O–H groups in total. The van der Waals surface area contributed by atoms with Gasteiger partial charge in [0.1, 0.15) is 12.6 Å². The fourth-order valence-corrected chi connectivity index (χ4v) is 4.96. The Morgan fingerprint density at radius 2 is 1.44 bits per heavy atom. The van der Waals surface area contributed by atoms with Gasteiger partial charge in [0.25, 0.3) is 0 Å². The maximum atomic E-state index is 13.8. The average molecular weight is 573 g/mol. The first-order valence-electron chi connectivity index (χ1n) is 11.6. The van der Waals surface area contributed by atoms with E-state index in [1.807, 2.05) is 67.6 Å². The lowest BCUT2D eigenvalue weighted by Gasteiger charge is -2.33. The zero-order chi connectivity index (χ0) is 26.1. The number of benzene rings is 3. The van der Waals surface area contributed by atoms with Gasteiger partial charge in [-0.15, -0.1) is 0 Å². The molecule has 0 saturated heterocycles. The Kier molecular flexibility index (Phi) is 9.66. The largest absolute Gasteiger partial charge is 0.355 e. The van der Waals surface area contributed by atoms with Crippen molar-refractivity contribution in [3.63, 3.8) is 0 Å². The summed E-state index contributed by atoms with van der Waals surface area (Å²) < 4.78 is 27.2. The average Bonchev–Trinajstić information content (AvgIpc) is 2.86. The lowest BCUT2D eigenvalue weighted by Crippen LogP contribution is -2.53. The van der Waals surface area contributed by atoms with Crippen LogP contribution in [0.1, 0.15) is 18.1 Å². The van der Waals surface area contributed by atoms with Gasteiger partial charge >= 0.3 is 0 Å². The highest BCUT2D eigenvalue weighted by molar-refractivity contribution is 9.10. The SMILES string of the molecule is CCNC(=O)C(Cc1ccccc1)N(Cc1ccccc1)C(=O)CN(c1ccc(Br)cc1)S(C)(=O)=O. The monoisotopic (exact) mass is 571 g/mol. The predicted molar refractivity (Wildman–Crippen MR) is 146 cm³/mol. The van der Waals surface area contributed by atoms with Gasteiger partial charge in [0.15, 0.2) is 0 Å². The summed E-state index contributed by atoms with van der Waals surface area (Å²) in [6.45, 7) is 1.95. The predicted octanol–water partition coefficient (Wildman–Crippen LogP) is 3.99. The van der Waals surface area contributed by atoms with E-state index in [1.54, 1.807) is 24.3 Å². The molecule has 0 aliphatic rings. The number of carbonyl (C=O) groups excluding carboxylic acids is 2. The summed E-state index contributed by atoms with van der Waals surface area (Å²) in [7, 11) is -3.78.